The summed E-state index contributed by atoms with van der Waals surface area (Å²) in [4.78, 5) is 25.1. The van der Waals surface area contributed by atoms with Gasteiger partial charge in [0.15, 0.2) is 5.69 Å². The third-order valence-corrected chi connectivity index (χ3v) is 4.86. The molecule has 2 amide bonds. The van der Waals surface area contributed by atoms with Gasteiger partial charge in [-0.1, -0.05) is 24.3 Å². The molecule has 0 fully saturated rings. The predicted octanol–water partition coefficient (Wildman–Crippen LogP) is 4.44. The van der Waals surface area contributed by atoms with E-state index in [1.54, 1.807) is 47.3 Å². The molecule has 4 rings (SSSR count). The molecular formula is C21H16N4O2S. The molecule has 2 aromatic heterocycles. The fourth-order valence-electron chi connectivity index (χ4n) is 2.60. The van der Waals surface area contributed by atoms with Gasteiger partial charge < -0.3 is 10.6 Å². The topological polar surface area (TPSA) is 76.0 Å². The van der Waals surface area contributed by atoms with Gasteiger partial charge in [-0.05, 0) is 53.9 Å². The Morgan fingerprint density at radius 3 is 2.11 bits per heavy atom. The molecule has 0 saturated heterocycles. The maximum absolute atomic E-state index is 12.4. The smallest absolute Gasteiger partial charge is 0.276 e. The summed E-state index contributed by atoms with van der Waals surface area (Å²) in [5.74, 6) is -0.455. The number of carbonyl (C=O) groups is 2. The zero-order chi connectivity index (χ0) is 19.3. The Kier molecular flexibility index (Phi) is 4.99. The number of thiophene rings is 1. The van der Waals surface area contributed by atoms with Gasteiger partial charge in [-0.25, -0.2) is 4.68 Å². The van der Waals surface area contributed by atoms with Crippen molar-refractivity contribution in [2.75, 3.05) is 10.6 Å². The average Bonchev–Trinajstić information content (AvgIpc) is 3.42. The van der Waals surface area contributed by atoms with E-state index in [4.69, 9.17) is 0 Å². The van der Waals surface area contributed by atoms with Crippen molar-refractivity contribution in [1.29, 1.82) is 0 Å². The van der Waals surface area contributed by atoms with Gasteiger partial charge in [0.05, 0.1) is 10.6 Å². The van der Waals surface area contributed by atoms with E-state index in [1.165, 1.54) is 11.3 Å². The highest BCUT2D eigenvalue weighted by atomic mass is 32.1. The number of hydrogen-bond acceptors (Lipinski definition) is 4. The number of rotatable bonds is 5. The van der Waals surface area contributed by atoms with Gasteiger partial charge in [-0.15, -0.1) is 11.3 Å². The zero-order valence-electron chi connectivity index (χ0n) is 14.7. The van der Waals surface area contributed by atoms with Crippen LogP contribution < -0.4 is 10.6 Å². The number of aromatic nitrogens is 2. The Bertz CT molecular complexity index is 1090. The molecule has 138 valence electrons. The minimum atomic E-state index is -0.301. The number of carbonyl (C=O) groups excluding carboxylic acids is 2. The number of amides is 2. The molecule has 2 heterocycles. The van der Waals surface area contributed by atoms with Crippen LogP contribution in [0.3, 0.4) is 0 Å². The van der Waals surface area contributed by atoms with Crippen LogP contribution in [0.5, 0.6) is 0 Å². The molecule has 2 N–H and O–H groups in total. The van der Waals surface area contributed by atoms with E-state index in [0.29, 0.717) is 21.9 Å². The Morgan fingerprint density at radius 2 is 1.46 bits per heavy atom. The molecule has 0 saturated carbocycles. The van der Waals surface area contributed by atoms with Crippen LogP contribution in [-0.2, 0) is 0 Å². The van der Waals surface area contributed by atoms with Gasteiger partial charge in [-0.2, -0.15) is 5.10 Å². The van der Waals surface area contributed by atoms with Crippen molar-refractivity contribution in [3.05, 3.63) is 94.9 Å². The summed E-state index contributed by atoms with van der Waals surface area (Å²) in [5, 5.41) is 11.8. The second-order valence-corrected chi connectivity index (χ2v) is 6.89. The van der Waals surface area contributed by atoms with Crippen LogP contribution in [0.4, 0.5) is 11.4 Å². The summed E-state index contributed by atoms with van der Waals surface area (Å²) in [6, 6.07) is 21.8. The molecule has 28 heavy (non-hydrogen) atoms. The minimum Gasteiger partial charge on any atom is -0.321 e. The quantitative estimate of drug-likeness (QED) is 0.531. The normalized spacial score (nSPS) is 10.4. The van der Waals surface area contributed by atoms with Crippen LogP contribution in [0.15, 0.2) is 84.4 Å². The largest absolute Gasteiger partial charge is 0.321 e. The summed E-state index contributed by atoms with van der Waals surface area (Å²) < 4.78 is 1.65. The first-order chi connectivity index (χ1) is 13.7. The Hall–Kier alpha value is -3.71. The predicted molar refractivity (Wildman–Crippen MR) is 110 cm³/mol. The lowest BCUT2D eigenvalue weighted by Gasteiger charge is -2.06. The lowest BCUT2D eigenvalue weighted by Crippen LogP contribution is -2.13. The highest BCUT2D eigenvalue weighted by molar-refractivity contribution is 7.12. The van der Waals surface area contributed by atoms with Crippen molar-refractivity contribution in [1.82, 2.24) is 9.78 Å². The molecule has 0 aliphatic heterocycles. The molecule has 4 aromatic rings. The first-order valence-corrected chi connectivity index (χ1v) is 9.44. The van der Waals surface area contributed by atoms with Crippen molar-refractivity contribution >= 4 is 34.5 Å². The third-order valence-electron chi connectivity index (χ3n) is 3.99. The van der Waals surface area contributed by atoms with E-state index in [-0.39, 0.29) is 11.8 Å². The highest BCUT2D eigenvalue weighted by Gasteiger charge is 2.11. The van der Waals surface area contributed by atoms with Crippen LogP contribution in [0.2, 0.25) is 0 Å². The maximum atomic E-state index is 12.4. The van der Waals surface area contributed by atoms with E-state index in [0.717, 1.165) is 5.69 Å². The fourth-order valence-corrected chi connectivity index (χ4v) is 3.22. The van der Waals surface area contributed by atoms with Crippen LogP contribution in [0.25, 0.3) is 5.69 Å². The van der Waals surface area contributed by atoms with Gasteiger partial charge in [-0.3, -0.25) is 9.59 Å². The van der Waals surface area contributed by atoms with Crippen LogP contribution >= 0.6 is 11.3 Å². The molecule has 0 atom stereocenters. The van der Waals surface area contributed by atoms with Crippen LogP contribution in [0.1, 0.15) is 20.2 Å². The number of benzene rings is 2. The van der Waals surface area contributed by atoms with Crippen molar-refractivity contribution in [3.63, 3.8) is 0 Å². The Morgan fingerprint density at radius 1 is 0.786 bits per heavy atom. The van der Waals surface area contributed by atoms with E-state index in [2.05, 4.69) is 15.7 Å². The molecule has 6 nitrogen and oxygen atoms in total. The molecule has 7 heteroatoms. The van der Waals surface area contributed by atoms with Gasteiger partial charge in [0.2, 0.25) is 0 Å². The third kappa shape index (κ3) is 3.99. The van der Waals surface area contributed by atoms with E-state index in [9.17, 15) is 9.59 Å². The standard InChI is InChI=1S/C21H16N4O2S/c26-20(18-12-13-25(24-18)17-5-2-1-3-6-17)22-15-8-10-16(11-9-15)23-21(27)19-7-4-14-28-19/h1-14H,(H,22,26)(H,23,27). The summed E-state index contributed by atoms with van der Waals surface area (Å²) in [6.45, 7) is 0. The number of nitrogens with zero attached hydrogens (tertiary/aromatic N) is 2. The lowest BCUT2D eigenvalue weighted by atomic mass is 10.2. The SMILES string of the molecule is O=C(Nc1ccc(NC(=O)c2cccs2)cc1)c1ccn(-c2ccccc2)n1. The second-order valence-electron chi connectivity index (χ2n) is 5.94. The lowest BCUT2D eigenvalue weighted by molar-refractivity contribution is 0.101. The number of nitrogens with one attached hydrogen (secondary N) is 2. The first-order valence-electron chi connectivity index (χ1n) is 8.56. The van der Waals surface area contributed by atoms with Gasteiger partial charge in [0.1, 0.15) is 0 Å². The maximum Gasteiger partial charge on any atom is 0.276 e. The molecule has 0 spiro atoms. The summed E-state index contributed by atoms with van der Waals surface area (Å²) >= 11 is 1.38. The minimum absolute atomic E-state index is 0.154. The summed E-state index contributed by atoms with van der Waals surface area (Å²) in [5.41, 5.74) is 2.48. The van der Waals surface area contributed by atoms with Gasteiger partial charge >= 0.3 is 0 Å². The van der Waals surface area contributed by atoms with Crippen molar-refractivity contribution in [2.45, 2.75) is 0 Å². The van der Waals surface area contributed by atoms with E-state index >= 15 is 0 Å². The highest BCUT2D eigenvalue weighted by Crippen LogP contribution is 2.17. The molecule has 0 aliphatic carbocycles. The molecule has 0 aliphatic rings. The molecular weight excluding hydrogens is 372 g/mol. The van der Waals surface area contributed by atoms with Crippen molar-refractivity contribution < 1.29 is 9.59 Å². The van der Waals surface area contributed by atoms with E-state index in [1.807, 2.05) is 41.8 Å². The van der Waals surface area contributed by atoms with Crippen LogP contribution in [-0.4, -0.2) is 21.6 Å². The molecule has 0 unspecified atom stereocenters. The fraction of sp³-hybridized carbons (Fsp3) is 0. The molecule has 2 aromatic carbocycles. The van der Waals surface area contributed by atoms with Crippen molar-refractivity contribution in [2.24, 2.45) is 0 Å². The number of anilines is 2. The van der Waals surface area contributed by atoms with Gasteiger partial charge in [0.25, 0.3) is 11.8 Å². The summed E-state index contributed by atoms with van der Waals surface area (Å²) in [6.07, 6.45) is 1.74. The van der Waals surface area contributed by atoms with Gasteiger partial charge in [0, 0.05) is 17.6 Å². The van der Waals surface area contributed by atoms with E-state index < -0.39 is 0 Å². The second kappa shape index (κ2) is 7.89. The summed E-state index contributed by atoms with van der Waals surface area (Å²) in [7, 11) is 0. The monoisotopic (exact) mass is 388 g/mol. The zero-order valence-corrected chi connectivity index (χ0v) is 15.5. The first kappa shape index (κ1) is 17.7. The number of hydrogen-bond donors (Lipinski definition) is 2. The average molecular weight is 388 g/mol. The molecule has 0 bridgehead atoms. The Labute approximate surface area is 165 Å². The Balaban J connectivity index is 1.40. The van der Waals surface area contributed by atoms with Crippen LogP contribution in [0, 0.1) is 0 Å². The number of para-hydroxylation sites is 1. The molecule has 0 radical (unpaired) electrons. The van der Waals surface area contributed by atoms with Crippen molar-refractivity contribution in [3.8, 4) is 5.69 Å².